The molecule has 0 atom stereocenters. The van der Waals surface area contributed by atoms with Crippen molar-refractivity contribution in [3.8, 4) is 0 Å². The number of rotatable bonds is 4. The average molecular weight is 317 g/mol. The molecule has 1 aliphatic rings. The molecule has 1 fully saturated rings. The van der Waals surface area contributed by atoms with Crippen LogP contribution in [0.2, 0.25) is 0 Å². The molecule has 3 rings (SSSR count). The van der Waals surface area contributed by atoms with Gasteiger partial charge in [-0.2, -0.15) is 0 Å². The van der Waals surface area contributed by atoms with Crippen molar-refractivity contribution in [3.63, 3.8) is 0 Å². The van der Waals surface area contributed by atoms with Gasteiger partial charge in [0.05, 0.1) is 24.8 Å². The molecule has 0 spiro atoms. The maximum absolute atomic E-state index is 12.3. The predicted molar refractivity (Wildman–Crippen MR) is 84.7 cm³/mol. The van der Waals surface area contributed by atoms with Crippen LogP contribution in [0.3, 0.4) is 0 Å². The summed E-state index contributed by atoms with van der Waals surface area (Å²) in [7, 11) is 2.02. The number of hydrogen-bond acceptors (Lipinski definition) is 4. The smallest absolute Gasteiger partial charge is 0.317 e. The molecular weight excluding hydrogens is 294 g/mol. The number of amides is 2. The van der Waals surface area contributed by atoms with Gasteiger partial charge in [-0.15, -0.1) is 5.10 Å². The first-order valence-electron chi connectivity index (χ1n) is 8.05. The summed E-state index contributed by atoms with van der Waals surface area (Å²) in [6, 6.07) is -0.0164. The van der Waals surface area contributed by atoms with Crippen molar-refractivity contribution >= 4 is 6.03 Å². The zero-order valence-corrected chi connectivity index (χ0v) is 13.6. The maximum Gasteiger partial charge on any atom is 0.317 e. The minimum atomic E-state index is -0.0164. The molecule has 2 aromatic heterocycles. The number of likely N-dealkylation sites (tertiary alicyclic amines) is 1. The fourth-order valence-corrected chi connectivity index (χ4v) is 3.10. The van der Waals surface area contributed by atoms with Gasteiger partial charge < -0.3 is 14.8 Å². The minimum Gasteiger partial charge on any atom is -0.337 e. The highest BCUT2D eigenvalue weighted by Crippen LogP contribution is 2.27. The van der Waals surface area contributed by atoms with Crippen LogP contribution in [0.4, 0.5) is 4.79 Å². The highest BCUT2D eigenvalue weighted by atomic mass is 16.2. The average Bonchev–Trinajstić information content (AvgIpc) is 3.21. The summed E-state index contributed by atoms with van der Waals surface area (Å²) in [6.07, 6.45) is 7.40. The van der Waals surface area contributed by atoms with Gasteiger partial charge in [-0.1, -0.05) is 5.21 Å². The van der Waals surface area contributed by atoms with Gasteiger partial charge in [0.2, 0.25) is 0 Å². The lowest BCUT2D eigenvalue weighted by Crippen LogP contribution is -2.44. The van der Waals surface area contributed by atoms with E-state index in [0.717, 1.165) is 38.2 Å². The second kappa shape index (κ2) is 6.80. The van der Waals surface area contributed by atoms with Gasteiger partial charge in [0.1, 0.15) is 0 Å². The minimum absolute atomic E-state index is 0.0164. The summed E-state index contributed by atoms with van der Waals surface area (Å²) in [5.41, 5.74) is 2.17. The molecule has 3 heterocycles. The van der Waals surface area contributed by atoms with Crippen molar-refractivity contribution in [3.05, 3.63) is 30.1 Å². The zero-order chi connectivity index (χ0) is 16.2. The van der Waals surface area contributed by atoms with Gasteiger partial charge in [-0.3, -0.25) is 0 Å². The van der Waals surface area contributed by atoms with Crippen LogP contribution in [0.15, 0.2) is 18.7 Å². The SMILES string of the molecule is CCn1nncc1CNC(=O)N1CCC(c2cncn2C)CC1. The Bertz CT molecular complexity index is 654. The number of piperidine rings is 1. The lowest BCUT2D eigenvalue weighted by molar-refractivity contribution is 0.180. The van der Waals surface area contributed by atoms with Crippen LogP contribution in [-0.2, 0) is 20.1 Å². The van der Waals surface area contributed by atoms with Crippen molar-refractivity contribution in [1.82, 2.24) is 34.8 Å². The Balaban J connectivity index is 1.49. The van der Waals surface area contributed by atoms with Crippen LogP contribution in [0, 0.1) is 0 Å². The monoisotopic (exact) mass is 317 g/mol. The van der Waals surface area contributed by atoms with E-state index in [4.69, 9.17) is 0 Å². The molecule has 0 saturated carbocycles. The Labute approximate surface area is 135 Å². The first kappa shape index (κ1) is 15.5. The molecule has 0 unspecified atom stereocenters. The molecule has 23 heavy (non-hydrogen) atoms. The van der Waals surface area contributed by atoms with Gasteiger partial charge in [-0.05, 0) is 19.8 Å². The Hall–Kier alpha value is -2.38. The molecule has 8 nitrogen and oxygen atoms in total. The third-order valence-corrected chi connectivity index (χ3v) is 4.47. The third-order valence-electron chi connectivity index (χ3n) is 4.47. The van der Waals surface area contributed by atoms with Crippen molar-refractivity contribution in [2.75, 3.05) is 13.1 Å². The Morgan fingerprint density at radius 2 is 2.13 bits per heavy atom. The van der Waals surface area contributed by atoms with E-state index in [2.05, 4.69) is 25.2 Å². The van der Waals surface area contributed by atoms with Crippen molar-refractivity contribution < 1.29 is 4.79 Å². The molecule has 0 bridgehead atoms. The summed E-state index contributed by atoms with van der Waals surface area (Å²) in [4.78, 5) is 18.4. The fraction of sp³-hybridized carbons (Fsp3) is 0.600. The van der Waals surface area contributed by atoms with Crippen molar-refractivity contribution in [2.45, 2.75) is 38.8 Å². The van der Waals surface area contributed by atoms with Crippen molar-refractivity contribution in [1.29, 1.82) is 0 Å². The lowest BCUT2D eigenvalue weighted by Gasteiger charge is -2.32. The fourth-order valence-electron chi connectivity index (χ4n) is 3.10. The number of hydrogen-bond donors (Lipinski definition) is 1. The Morgan fingerprint density at radius 1 is 1.35 bits per heavy atom. The first-order chi connectivity index (χ1) is 11.2. The number of nitrogens with zero attached hydrogens (tertiary/aromatic N) is 6. The number of carbonyl (C=O) groups is 1. The van der Waals surface area contributed by atoms with Gasteiger partial charge in [0.25, 0.3) is 0 Å². The summed E-state index contributed by atoms with van der Waals surface area (Å²) >= 11 is 0. The molecule has 1 aliphatic heterocycles. The molecule has 124 valence electrons. The molecule has 2 amide bonds. The highest BCUT2D eigenvalue weighted by molar-refractivity contribution is 5.74. The van der Waals surface area contributed by atoms with Crippen LogP contribution < -0.4 is 5.32 Å². The van der Waals surface area contributed by atoms with E-state index in [0.29, 0.717) is 12.5 Å². The quantitative estimate of drug-likeness (QED) is 0.916. The van der Waals surface area contributed by atoms with Crippen LogP contribution >= 0.6 is 0 Å². The van der Waals surface area contributed by atoms with Crippen molar-refractivity contribution in [2.24, 2.45) is 7.05 Å². The Morgan fingerprint density at radius 3 is 2.78 bits per heavy atom. The highest BCUT2D eigenvalue weighted by Gasteiger charge is 2.25. The summed E-state index contributed by atoms with van der Waals surface area (Å²) in [5.74, 6) is 0.484. The summed E-state index contributed by atoms with van der Waals surface area (Å²) < 4.78 is 3.86. The predicted octanol–water partition coefficient (Wildman–Crippen LogP) is 1.12. The number of imidazole rings is 1. The molecule has 0 aliphatic carbocycles. The van der Waals surface area contributed by atoms with E-state index in [1.807, 2.05) is 31.4 Å². The van der Waals surface area contributed by atoms with E-state index in [9.17, 15) is 4.79 Å². The van der Waals surface area contributed by atoms with Crippen LogP contribution in [-0.4, -0.2) is 48.6 Å². The molecule has 1 saturated heterocycles. The van der Waals surface area contributed by atoms with E-state index < -0.39 is 0 Å². The molecule has 1 N–H and O–H groups in total. The van der Waals surface area contributed by atoms with E-state index in [1.54, 1.807) is 10.9 Å². The Kier molecular flexibility index (Phi) is 4.59. The summed E-state index contributed by atoms with van der Waals surface area (Å²) in [5, 5.41) is 10.8. The second-order valence-corrected chi connectivity index (χ2v) is 5.89. The number of urea groups is 1. The van der Waals surface area contributed by atoms with Gasteiger partial charge >= 0.3 is 6.03 Å². The number of nitrogens with one attached hydrogen (secondary N) is 1. The van der Waals surface area contributed by atoms with E-state index in [-0.39, 0.29) is 6.03 Å². The zero-order valence-electron chi connectivity index (χ0n) is 13.6. The molecular formula is C15H23N7O. The standard InChI is InChI=1S/C15H23N7O/c1-3-22-13(9-18-19-22)8-17-15(23)21-6-4-12(5-7-21)14-10-16-11-20(14)2/h9-12H,3-8H2,1-2H3,(H,17,23). The molecule has 0 radical (unpaired) electrons. The number of carbonyl (C=O) groups excluding carboxylic acids is 1. The topological polar surface area (TPSA) is 80.9 Å². The van der Waals surface area contributed by atoms with Gasteiger partial charge in [-0.25, -0.2) is 14.5 Å². The normalized spacial score (nSPS) is 15.8. The van der Waals surface area contributed by atoms with Gasteiger partial charge in [0, 0.05) is 44.5 Å². The number of aryl methyl sites for hydroxylation is 2. The van der Waals surface area contributed by atoms with E-state index in [1.165, 1.54) is 5.69 Å². The van der Waals surface area contributed by atoms with E-state index >= 15 is 0 Å². The third kappa shape index (κ3) is 3.35. The number of aromatic nitrogens is 5. The molecule has 2 aromatic rings. The largest absolute Gasteiger partial charge is 0.337 e. The molecule has 0 aromatic carbocycles. The summed E-state index contributed by atoms with van der Waals surface area (Å²) in [6.45, 7) is 4.76. The van der Waals surface area contributed by atoms with Crippen LogP contribution in [0.5, 0.6) is 0 Å². The second-order valence-electron chi connectivity index (χ2n) is 5.89. The maximum atomic E-state index is 12.3. The lowest BCUT2D eigenvalue weighted by atomic mass is 9.94. The van der Waals surface area contributed by atoms with Gasteiger partial charge in [0.15, 0.2) is 0 Å². The van der Waals surface area contributed by atoms with Crippen LogP contribution in [0.25, 0.3) is 0 Å². The molecule has 8 heteroatoms. The van der Waals surface area contributed by atoms with Crippen LogP contribution in [0.1, 0.15) is 37.1 Å². The first-order valence-corrected chi connectivity index (χ1v) is 8.05.